The Hall–Kier alpha value is -4.82. The van der Waals surface area contributed by atoms with Gasteiger partial charge in [0.2, 0.25) is 0 Å². The molecule has 0 unspecified atom stereocenters. The van der Waals surface area contributed by atoms with Crippen molar-refractivity contribution in [3.8, 4) is 22.6 Å². The van der Waals surface area contributed by atoms with Crippen LogP contribution in [0.3, 0.4) is 0 Å². The molecule has 1 heterocycles. The van der Waals surface area contributed by atoms with Gasteiger partial charge in [-0.05, 0) is 69.9 Å². The summed E-state index contributed by atoms with van der Waals surface area (Å²) in [7, 11) is 1.57. The first kappa shape index (κ1) is 26.8. The molecule has 0 spiro atoms. The van der Waals surface area contributed by atoms with Crippen LogP contribution in [-0.2, 0) is 22.7 Å². The molecule has 7 nitrogen and oxygen atoms in total. The van der Waals surface area contributed by atoms with Crippen LogP contribution in [0.1, 0.15) is 27.0 Å². The number of thioether (sulfide) groups is 1. The van der Waals surface area contributed by atoms with Gasteiger partial charge in [0, 0.05) is 0 Å². The number of imide groups is 1. The molecule has 200 valence electrons. The van der Waals surface area contributed by atoms with Crippen LogP contribution in [0.25, 0.3) is 17.2 Å². The Morgan fingerprint density at radius 2 is 1.55 bits per heavy atom. The summed E-state index contributed by atoms with van der Waals surface area (Å²) < 4.78 is 10.5. The van der Waals surface area contributed by atoms with Gasteiger partial charge >= 0.3 is 5.97 Å². The van der Waals surface area contributed by atoms with E-state index in [1.807, 2.05) is 54.6 Å². The van der Waals surface area contributed by atoms with Crippen molar-refractivity contribution in [3.63, 3.8) is 0 Å². The molecule has 0 atom stereocenters. The fraction of sp³-hybridized carbons (Fsp3) is 0.0938. The van der Waals surface area contributed by atoms with Crippen molar-refractivity contribution in [3.05, 3.63) is 124 Å². The highest BCUT2D eigenvalue weighted by molar-refractivity contribution is 8.18. The first-order valence-electron chi connectivity index (χ1n) is 12.4. The van der Waals surface area contributed by atoms with Gasteiger partial charge in [-0.1, -0.05) is 72.8 Å². The maximum Gasteiger partial charge on any atom is 0.342 e. The molecule has 1 N–H and O–H groups in total. The number of ether oxygens (including phenoxy) is 2. The lowest BCUT2D eigenvalue weighted by molar-refractivity contribution is -0.123. The molecule has 40 heavy (non-hydrogen) atoms. The molecule has 2 amide bonds. The average molecular weight is 552 g/mol. The molecule has 1 saturated heterocycles. The molecule has 1 aliphatic heterocycles. The number of hydrogen-bond donors (Lipinski definition) is 1. The molecule has 1 fully saturated rings. The molecular weight excluding hydrogens is 526 g/mol. The Morgan fingerprint density at radius 3 is 2.25 bits per heavy atom. The van der Waals surface area contributed by atoms with Gasteiger partial charge in [-0.2, -0.15) is 0 Å². The van der Waals surface area contributed by atoms with Gasteiger partial charge in [0.1, 0.15) is 23.7 Å². The van der Waals surface area contributed by atoms with E-state index in [1.54, 1.807) is 37.4 Å². The van der Waals surface area contributed by atoms with E-state index in [0.717, 1.165) is 34.0 Å². The molecule has 0 radical (unpaired) electrons. The molecule has 0 aromatic heterocycles. The lowest BCUT2D eigenvalue weighted by Crippen LogP contribution is -2.27. The maximum atomic E-state index is 13.1. The van der Waals surface area contributed by atoms with Crippen molar-refractivity contribution in [2.45, 2.75) is 13.2 Å². The van der Waals surface area contributed by atoms with Crippen molar-refractivity contribution in [1.29, 1.82) is 0 Å². The third-order valence-electron chi connectivity index (χ3n) is 6.34. The Kier molecular flexibility index (Phi) is 7.98. The number of esters is 1. The predicted octanol–water partition coefficient (Wildman–Crippen LogP) is 6.66. The van der Waals surface area contributed by atoms with E-state index in [9.17, 15) is 19.5 Å². The molecule has 1 aliphatic rings. The zero-order chi connectivity index (χ0) is 28.1. The van der Waals surface area contributed by atoms with Gasteiger partial charge in [-0.15, -0.1) is 0 Å². The highest BCUT2D eigenvalue weighted by atomic mass is 32.2. The number of aromatic hydroxyl groups is 1. The molecule has 0 bridgehead atoms. The Bertz CT molecular complexity index is 1580. The number of benzene rings is 4. The summed E-state index contributed by atoms with van der Waals surface area (Å²) in [5.41, 5.74) is 4.15. The van der Waals surface area contributed by atoms with E-state index in [4.69, 9.17) is 9.47 Å². The number of rotatable bonds is 8. The Morgan fingerprint density at radius 1 is 0.875 bits per heavy atom. The van der Waals surface area contributed by atoms with Gasteiger partial charge in [-0.3, -0.25) is 14.5 Å². The third kappa shape index (κ3) is 6.08. The lowest BCUT2D eigenvalue weighted by Gasteiger charge is -2.13. The summed E-state index contributed by atoms with van der Waals surface area (Å²) in [6.07, 6.45) is 1.53. The first-order valence-corrected chi connectivity index (χ1v) is 13.3. The van der Waals surface area contributed by atoms with Crippen molar-refractivity contribution in [2.24, 2.45) is 0 Å². The summed E-state index contributed by atoms with van der Waals surface area (Å²) in [5.74, 6) is -0.691. The molecule has 4 aromatic rings. The number of phenols is 1. The second-order valence-electron chi connectivity index (χ2n) is 9.03. The number of carbonyl (C=O) groups excluding carboxylic acids is 3. The van der Waals surface area contributed by atoms with Crippen LogP contribution in [0.5, 0.6) is 11.5 Å². The molecule has 0 aliphatic carbocycles. The number of phenolic OH excluding ortho intramolecular Hbond substituents is 1. The minimum atomic E-state index is -0.712. The fourth-order valence-electron chi connectivity index (χ4n) is 4.16. The van der Waals surface area contributed by atoms with Crippen LogP contribution in [0.2, 0.25) is 0 Å². The number of hydrogen-bond acceptors (Lipinski definition) is 7. The van der Waals surface area contributed by atoms with Crippen LogP contribution < -0.4 is 4.74 Å². The van der Waals surface area contributed by atoms with Gasteiger partial charge < -0.3 is 14.6 Å². The van der Waals surface area contributed by atoms with E-state index in [-0.39, 0.29) is 34.6 Å². The molecule has 0 saturated carbocycles. The van der Waals surface area contributed by atoms with E-state index in [1.165, 1.54) is 23.1 Å². The van der Waals surface area contributed by atoms with Crippen LogP contribution >= 0.6 is 11.8 Å². The predicted molar refractivity (Wildman–Crippen MR) is 154 cm³/mol. The van der Waals surface area contributed by atoms with Crippen LogP contribution in [0.15, 0.2) is 102 Å². The lowest BCUT2D eigenvalue weighted by atomic mass is 10.0. The quantitative estimate of drug-likeness (QED) is 0.193. The highest BCUT2D eigenvalue weighted by Crippen LogP contribution is 2.34. The van der Waals surface area contributed by atoms with Crippen molar-refractivity contribution in [2.75, 3.05) is 7.11 Å². The minimum Gasteiger partial charge on any atom is -0.507 e. The zero-order valence-electron chi connectivity index (χ0n) is 21.6. The van der Waals surface area contributed by atoms with Gasteiger partial charge in [0.05, 0.1) is 18.6 Å². The summed E-state index contributed by atoms with van der Waals surface area (Å²) >= 11 is 0.834. The summed E-state index contributed by atoms with van der Waals surface area (Å²) in [6.45, 7) is 0.160. The van der Waals surface area contributed by atoms with Crippen molar-refractivity contribution < 1.29 is 29.0 Å². The summed E-state index contributed by atoms with van der Waals surface area (Å²) in [5, 5.41) is 9.88. The Labute approximate surface area is 235 Å². The highest BCUT2D eigenvalue weighted by Gasteiger charge is 2.35. The zero-order valence-corrected chi connectivity index (χ0v) is 22.4. The number of amides is 2. The number of nitrogens with zero attached hydrogens (tertiary/aromatic N) is 1. The second kappa shape index (κ2) is 11.9. The summed E-state index contributed by atoms with van der Waals surface area (Å²) in [6, 6.07) is 29.1. The van der Waals surface area contributed by atoms with E-state index >= 15 is 0 Å². The normalized spacial score (nSPS) is 14.0. The number of methoxy groups -OCH3 is 1. The Balaban J connectivity index is 1.26. The van der Waals surface area contributed by atoms with Gasteiger partial charge in [0.25, 0.3) is 11.1 Å². The van der Waals surface area contributed by atoms with Crippen molar-refractivity contribution in [1.82, 2.24) is 4.90 Å². The smallest absolute Gasteiger partial charge is 0.342 e. The number of carbonyl (C=O) groups is 3. The summed E-state index contributed by atoms with van der Waals surface area (Å²) in [4.78, 5) is 39.8. The first-order chi connectivity index (χ1) is 19.4. The van der Waals surface area contributed by atoms with Gasteiger partial charge in [-0.25, -0.2) is 4.79 Å². The average Bonchev–Trinajstić information content (AvgIpc) is 3.25. The second-order valence-corrected chi connectivity index (χ2v) is 10.0. The SMILES string of the molecule is COc1ccc(COC(=O)c2cc(/C=C3/SC(=O)N(Cc4ccc(-c5ccccc5)cc4)C3=O)ccc2O)cc1. The largest absolute Gasteiger partial charge is 0.507 e. The van der Waals surface area contributed by atoms with E-state index in [2.05, 4.69) is 0 Å². The third-order valence-corrected chi connectivity index (χ3v) is 7.25. The van der Waals surface area contributed by atoms with Crippen molar-refractivity contribution >= 4 is 35.0 Å². The van der Waals surface area contributed by atoms with Crippen LogP contribution in [0, 0.1) is 0 Å². The van der Waals surface area contributed by atoms with E-state index < -0.39 is 11.9 Å². The maximum absolute atomic E-state index is 13.1. The van der Waals surface area contributed by atoms with E-state index in [0.29, 0.717) is 11.3 Å². The molecule has 4 aromatic carbocycles. The topological polar surface area (TPSA) is 93.1 Å². The van der Waals surface area contributed by atoms with Crippen LogP contribution in [0.4, 0.5) is 4.79 Å². The molecule has 8 heteroatoms. The fourth-order valence-corrected chi connectivity index (χ4v) is 5.00. The monoisotopic (exact) mass is 551 g/mol. The van der Waals surface area contributed by atoms with Gasteiger partial charge in [0.15, 0.2) is 0 Å². The standard InChI is InChI=1S/C32H25NO6S/c1-38-26-14-9-22(10-15-26)20-39-31(36)27-17-23(11-16-28(27)34)18-29-30(35)33(32(37)40-29)19-21-7-12-25(13-8-21)24-5-3-2-4-6-24/h2-18,34H,19-20H2,1H3/b29-18+. The van der Waals surface area contributed by atoms with Crippen LogP contribution in [-0.4, -0.2) is 34.2 Å². The molecule has 5 rings (SSSR count). The molecular formula is C32H25NO6S. The minimum absolute atomic E-state index is 0.0116.